The van der Waals surface area contributed by atoms with Crippen LogP contribution in [0.4, 0.5) is 4.39 Å². The van der Waals surface area contributed by atoms with E-state index in [0.717, 1.165) is 18.4 Å². The van der Waals surface area contributed by atoms with E-state index in [-0.39, 0.29) is 5.82 Å². The van der Waals surface area contributed by atoms with Crippen LogP contribution < -0.4 is 0 Å². The Morgan fingerprint density at radius 2 is 1.80 bits per heavy atom. The molecule has 0 saturated heterocycles. The van der Waals surface area contributed by atoms with Gasteiger partial charge in [0.2, 0.25) is 0 Å². The summed E-state index contributed by atoms with van der Waals surface area (Å²) in [6, 6.07) is 16.3. The van der Waals surface area contributed by atoms with Crippen molar-refractivity contribution in [2.75, 3.05) is 6.61 Å². The van der Waals surface area contributed by atoms with Gasteiger partial charge in [-0.25, -0.2) is 9.40 Å². The number of hydrogen-bond acceptors (Lipinski definition) is 5. The minimum Gasteiger partial charge on any atom is -0.467 e. The highest BCUT2D eigenvalue weighted by molar-refractivity contribution is 6.30. The van der Waals surface area contributed by atoms with Crippen molar-refractivity contribution in [3.8, 4) is 0 Å². The predicted molar refractivity (Wildman–Crippen MR) is 128 cm³/mol. The summed E-state index contributed by atoms with van der Waals surface area (Å²) in [5.41, 5.74) is 1.41. The van der Waals surface area contributed by atoms with E-state index >= 15 is 0 Å². The molecule has 1 aromatic heterocycles. The lowest BCUT2D eigenvalue weighted by atomic mass is 9.79. The van der Waals surface area contributed by atoms with Crippen LogP contribution in [0.5, 0.6) is 0 Å². The first-order valence-electron chi connectivity index (χ1n) is 11.6. The minimum atomic E-state index is -0.864. The molecule has 6 nitrogen and oxygen atoms in total. The summed E-state index contributed by atoms with van der Waals surface area (Å²) in [5.74, 6) is -0.685. The van der Waals surface area contributed by atoms with E-state index < -0.39 is 29.9 Å². The zero-order valence-electron chi connectivity index (χ0n) is 19.0. The predicted octanol–water partition coefficient (Wildman–Crippen LogP) is 5.81. The summed E-state index contributed by atoms with van der Waals surface area (Å²) >= 11 is 6.01. The zero-order valence-corrected chi connectivity index (χ0v) is 19.7. The number of hydrogen-bond donors (Lipinski definition) is 0. The number of rotatable bonds is 6. The van der Waals surface area contributed by atoms with E-state index in [4.69, 9.17) is 20.8 Å². The molecule has 8 heteroatoms. The number of nitrogens with zero attached hydrogens (tertiary/aromatic N) is 2. The van der Waals surface area contributed by atoms with Crippen LogP contribution in [0.25, 0.3) is 0 Å². The standard InChI is InChI=1S/C27H24ClFN2O4/c28-20-9-5-18(6-10-20)22-16-23(24-4-3-15-34-24)31(30-22)25(32)17-35-26(33)27(13-1-2-14-27)19-7-11-21(29)12-8-19/h3-12,15,23H,1-2,13-14,16-17H2. The Bertz CT molecular complexity index is 1230. The van der Waals surface area contributed by atoms with Crippen LogP contribution in [0.2, 0.25) is 5.02 Å². The lowest BCUT2D eigenvalue weighted by molar-refractivity contribution is -0.157. The Hall–Kier alpha value is -3.45. The molecule has 5 rings (SSSR count). The van der Waals surface area contributed by atoms with Crippen LogP contribution in [0.3, 0.4) is 0 Å². The third kappa shape index (κ3) is 4.60. The van der Waals surface area contributed by atoms with Crippen molar-refractivity contribution in [2.24, 2.45) is 5.10 Å². The molecule has 2 aliphatic rings. The second-order valence-corrected chi connectivity index (χ2v) is 9.34. The summed E-state index contributed by atoms with van der Waals surface area (Å²) < 4.78 is 24.6. The van der Waals surface area contributed by atoms with Gasteiger partial charge < -0.3 is 9.15 Å². The molecule has 1 saturated carbocycles. The Kier molecular flexibility index (Phi) is 6.43. The average Bonchev–Trinajstić information content (AvgIpc) is 3.64. The number of furan rings is 1. The van der Waals surface area contributed by atoms with Crippen molar-refractivity contribution >= 4 is 29.2 Å². The molecule has 1 amide bonds. The summed E-state index contributed by atoms with van der Waals surface area (Å²) in [5, 5.41) is 6.49. The summed E-state index contributed by atoms with van der Waals surface area (Å²) in [6.45, 7) is -0.448. The van der Waals surface area contributed by atoms with Crippen molar-refractivity contribution in [1.29, 1.82) is 0 Å². The molecule has 1 unspecified atom stereocenters. The van der Waals surface area contributed by atoms with Gasteiger partial charge in [0.15, 0.2) is 6.61 Å². The van der Waals surface area contributed by atoms with E-state index in [1.54, 1.807) is 42.7 Å². The van der Waals surface area contributed by atoms with Crippen LogP contribution >= 0.6 is 11.6 Å². The molecule has 0 radical (unpaired) electrons. The molecule has 0 spiro atoms. The molecule has 0 bridgehead atoms. The van der Waals surface area contributed by atoms with Crippen molar-refractivity contribution in [1.82, 2.24) is 5.01 Å². The fourth-order valence-corrected chi connectivity index (χ4v) is 5.08. The molecule has 1 atom stereocenters. The van der Waals surface area contributed by atoms with Gasteiger partial charge in [-0.3, -0.25) is 9.59 Å². The number of amides is 1. The molecule has 2 aromatic carbocycles. The summed E-state index contributed by atoms with van der Waals surface area (Å²) in [4.78, 5) is 26.5. The topological polar surface area (TPSA) is 72.1 Å². The number of benzene rings is 2. The van der Waals surface area contributed by atoms with Crippen molar-refractivity contribution in [3.63, 3.8) is 0 Å². The number of esters is 1. The highest BCUT2D eigenvalue weighted by Crippen LogP contribution is 2.42. The van der Waals surface area contributed by atoms with Crippen LogP contribution in [-0.4, -0.2) is 29.2 Å². The second-order valence-electron chi connectivity index (χ2n) is 8.90. The maximum atomic E-state index is 13.5. The molecular formula is C27H24ClFN2O4. The quantitative estimate of drug-likeness (QED) is 0.406. The highest BCUT2D eigenvalue weighted by atomic mass is 35.5. The van der Waals surface area contributed by atoms with Gasteiger partial charge in [-0.05, 0) is 60.4 Å². The molecule has 35 heavy (non-hydrogen) atoms. The van der Waals surface area contributed by atoms with Crippen LogP contribution in [0.1, 0.15) is 55.0 Å². The number of hydrazone groups is 1. The highest BCUT2D eigenvalue weighted by Gasteiger charge is 2.45. The van der Waals surface area contributed by atoms with Crippen molar-refractivity contribution in [3.05, 3.63) is 94.7 Å². The summed E-state index contributed by atoms with van der Waals surface area (Å²) in [6.07, 6.45) is 4.93. The van der Waals surface area contributed by atoms with Gasteiger partial charge in [0.25, 0.3) is 5.91 Å². The first-order valence-corrected chi connectivity index (χ1v) is 12.0. The Morgan fingerprint density at radius 3 is 2.46 bits per heavy atom. The Labute approximate surface area is 207 Å². The number of carbonyl (C=O) groups is 2. The molecule has 1 fully saturated rings. The van der Waals surface area contributed by atoms with Gasteiger partial charge >= 0.3 is 5.97 Å². The number of ether oxygens (including phenoxy) is 1. The Morgan fingerprint density at radius 1 is 1.09 bits per heavy atom. The van der Waals surface area contributed by atoms with Gasteiger partial charge in [0.05, 0.1) is 17.4 Å². The maximum absolute atomic E-state index is 13.5. The molecule has 1 aliphatic carbocycles. The minimum absolute atomic E-state index is 0.363. The van der Waals surface area contributed by atoms with Gasteiger partial charge in [-0.15, -0.1) is 0 Å². The van der Waals surface area contributed by atoms with Crippen LogP contribution in [0.15, 0.2) is 76.4 Å². The lowest BCUT2D eigenvalue weighted by Crippen LogP contribution is -2.38. The van der Waals surface area contributed by atoms with Gasteiger partial charge in [-0.2, -0.15) is 5.10 Å². The van der Waals surface area contributed by atoms with E-state index in [1.807, 2.05) is 12.1 Å². The van der Waals surface area contributed by atoms with Crippen LogP contribution in [0, 0.1) is 5.82 Å². The third-order valence-corrected chi connectivity index (χ3v) is 7.04. The van der Waals surface area contributed by atoms with Gasteiger partial charge in [0.1, 0.15) is 17.6 Å². The zero-order chi connectivity index (χ0) is 24.4. The monoisotopic (exact) mass is 494 g/mol. The Balaban J connectivity index is 1.34. The fraction of sp³-hybridized carbons (Fsp3) is 0.296. The van der Waals surface area contributed by atoms with E-state index in [1.165, 1.54) is 17.1 Å². The summed E-state index contributed by atoms with van der Waals surface area (Å²) in [7, 11) is 0. The molecule has 3 aromatic rings. The number of halogens is 2. The fourth-order valence-electron chi connectivity index (χ4n) is 4.95. The normalized spacial score (nSPS) is 19.0. The molecule has 0 N–H and O–H groups in total. The molecule has 180 valence electrons. The first-order chi connectivity index (χ1) is 17.0. The second kappa shape index (κ2) is 9.66. The van der Waals surface area contributed by atoms with Gasteiger partial charge in [0, 0.05) is 11.4 Å². The van der Waals surface area contributed by atoms with Gasteiger partial charge in [-0.1, -0.05) is 48.7 Å². The lowest BCUT2D eigenvalue weighted by Gasteiger charge is -2.27. The first kappa shape index (κ1) is 23.3. The van der Waals surface area contributed by atoms with E-state index in [2.05, 4.69) is 5.10 Å². The smallest absolute Gasteiger partial charge is 0.317 e. The average molecular weight is 495 g/mol. The molecular weight excluding hydrogens is 471 g/mol. The van der Waals surface area contributed by atoms with Crippen molar-refractivity contribution in [2.45, 2.75) is 43.6 Å². The SMILES string of the molecule is O=C(COC(=O)C1(c2ccc(F)cc2)CCCC1)N1N=C(c2ccc(Cl)cc2)CC1c1ccco1. The van der Waals surface area contributed by atoms with Crippen molar-refractivity contribution < 1.29 is 23.1 Å². The molecule has 2 heterocycles. The maximum Gasteiger partial charge on any atom is 0.317 e. The molecule has 1 aliphatic heterocycles. The van der Waals surface area contributed by atoms with E-state index in [9.17, 15) is 14.0 Å². The van der Waals surface area contributed by atoms with E-state index in [0.29, 0.717) is 41.3 Å². The van der Waals surface area contributed by atoms with Crippen LogP contribution in [-0.2, 0) is 19.7 Å². The number of carbonyl (C=O) groups excluding carboxylic acids is 2. The third-order valence-electron chi connectivity index (χ3n) is 6.79. The largest absolute Gasteiger partial charge is 0.467 e.